The van der Waals surface area contributed by atoms with Gasteiger partial charge >= 0.3 is 0 Å². The Balaban J connectivity index is 2.27. The maximum absolute atomic E-state index is 12.4. The SMILES string of the molecule is CC1C(=O)N(C)C(=O)C1C(CCCCO)c1ccccc1. The third-order valence-electron chi connectivity index (χ3n) is 4.46. The number of benzene rings is 1. The molecule has 0 radical (unpaired) electrons. The first-order valence-electron chi connectivity index (χ1n) is 7.55. The summed E-state index contributed by atoms with van der Waals surface area (Å²) in [6.45, 7) is 2.00. The molecule has 4 heteroatoms. The standard InChI is InChI=1S/C17H23NO3/c1-12-15(17(21)18(2)16(12)20)14(10-6-7-11-19)13-8-4-3-5-9-13/h3-5,8-9,12,14-15,19H,6-7,10-11H2,1-2H3. The molecule has 1 saturated heterocycles. The van der Waals surface area contributed by atoms with Crippen LogP contribution in [0.3, 0.4) is 0 Å². The van der Waals surface area contributed by atoms with Crippen LogP contribution in [0.15, 0.2) is 30.3 Å². The number of imide groups is 1. The molecule has 4 nitrogen and oxygen atoms in total. The van der Waals surface area contributed by atoms with Crippen LogP contribution in [0.25, 0.3) is 0 Å². The van der Waals surface area contributed by atoms with E-state index in [1.807, 2.05) is 37.3 Å². The lowest BCUT2D eigenvalue weighted by molar-refractivity contribution is -0.138. The quantitative estimate of drug-likeness (QED) is 0.645. The van der Waals surface area contributed by atoms with E-state index in [4.69, 9.17) is 5.11 Å². The number of hydrogen-bond donors (Lipinski definition) is 1. The molecular formula is C17H23NO3. The number of rotatable bonds is 6. The van der Waals surface area contributed by atoms with Gasteiger partial charge in [0.2, 0.25) is 11.8 Å². The van der Waals surface area contributed by atoms with Crippen molar-refractivity contribution in [2.24, 2.45) is 11.8 Å². The van der Waals surface area contributed by atoms with Crippen molar-refractivity contribution in [3.05, 3.63) is 35.9 Å². The Kier molecular flexibility index (Phi) is 5.12. The molecule has 21 heavy (non-hydrogen) atoms. The Morgan fingerprint density at radius 3 is 2.33 bits per heavy atom. The van der Waals surface area contributed by atoms with E-state index in [0.717, 1.165) is 24.8 Å². The summed E-state index contributed by atoms with van der Waals surface area (Å²) in [7, 11) is 1.57. The number of aliphatic hydroxyl groups is 1. The number of nitrogens with zero attached hydrogens (tertiary/aromatic N) is 1. The molecule has 1 aromatic carbocycles. The van der Waals surface area contributed by atoms with Crippen molar-refractivity contribution in [1.29, 1.82) is 0 Å². The molecule has 2 rings (SSSR count). The summed E-state index contributed by atoms with van der Waals surface area (Å²) < 4.78 is 0. The molecule has 1 aliphatic heterocycles. The number of amides is 2. The van der Waals surface area contributed by atoms with Gasteiger partial charge in [0, 0.05) is 19.6 Å². The molecule has 0 saturated carbocycles. The second-order valence-corrected chi connectivity index (χ2v) is 5.79. The molecule has 0 spiro atoms. The zero-order valence-electron chi connectivity index (χ0n) is 12.7. The fraction of sp³-hybridized carbons (Fsp3) is 0.529. The Morgan fingerprint density at radius 1 is 1.14 bits per heavy atom. The fourth-order valence-electron chi connectivity index (χ4n) is 3.26. The lowest BCUT2D eigenvalue weighted by atomic mass is 9.77. The molecule has 1 heterocycles. The zero-order valence-corrected chi connectivity index (χ0v) is 12.7. The van der Waals surface area contributed by atoms with Gasteiger partial charge in [-0.15, -0.1) is 0 Å². The maximum atomic E-state index is 12.4. The number of unbranched alkanes of at least 4 members (excludes halogenated alkanes) is 1. The normalized spacial score (nSPS) is 23.7. The molecule has 0 bridgehead atoms. The van der Waals surface area contributed by atoms with Crippen molar-refractivity contribution in [2.75, 3.05) is 13.7 Å². The van der Waals surface area contributed by atoms with E-state index in [2.05, 4.69) is 0 Å². The summed E-state index contributed by atoms with van der Waals surface area (Å²) in [5.74, 6) is -0.696. The number of hydrogen-bond acceptors (Lipinski definition) is 3. The molecule has 0 aromatic heterocycles. The minimum atomic E-state index is -0.288. The number of carbonyl (C=O) groups is 2. The van der Waals surface area contributed by atoms with Crippen molar-refractivity contribution in [3.63, 3.8) is 0 Å². The van der Waals surface area contributed by atoms with Crippen molar-refractivity contribution in [2.45, 2.75) is 32.1 Å². The number of carbonyl (C=O) groups excluding carboxylic acids is 2. The highest BCUT2D eigenvalue weighted by atomic mass is 16.3. The second-order valence-electron chi connectivity index (χ2n) is 5.79. The number of aliphatic hydroxyl groups excluding tert-OH is 1. The molecule has 1 aliphatic rings. The Hall–Kier alpha value is -1.68. The van der Waals surface area contributed by atoms with Crippen molar-refractivity contribution in [1.82, 2.24) is 4.90 Å². The van der Waals surface area contributed by atoms with Gasteiger partial charge in [-0.25, -0.2) is 0 Å². The third kappa shape index (κ3) is 3.16. The largest absolute Gasteiger partial charge is 0.396 e. The summed E-state index contributed by atoms with van der Waals surface area (Å²) in [5, 5.41) is 8.97. The molecule has 2 amide bonds. The van der Waals surface area contributed by atoms with Crippen LogP contribution in [0.4, 0.5) is 0 Å². The minimum Gasteiger partial charge on any atom is -0.396 e. The van der Waals surface area contributed by atoms with Crippen molar-refractivity contribution < 1.29 is 14.7 Å². The van der Waals surface area contributed by atoms with E-state index in [1.165, 1.54) is 4.90 Å². The van der Waals surface area contributed by atoms with Crippen LogP contribution in [0.2, 0.25) is 0 Å². The molecule has 3 unspecified atom stereocenters. The summed E-state index contributed by atoms with van der Waals surface area (Å²) in [5.41, 5.74) is 1.10. The van der Waals surface area contributed by atoms with Gasteiger partial charge in [-0.1, -0.05) is 43.7 Å². The Bertz CT molecular complexity index is 500. The van der Waals surface area contributed by atoms with E-state index < -0.39 is 0 Å². The topological polar surface area (TPSA) is 57.6 Å². The predicted molar refractivity (Wildman–Crippen MR) is 80.6 cm³/mol. The van der Waals surface area contributed by atoms with E-state index >= 15 is 0 Å². The number of likely N-dealkylation sites (tertiary alicyclic amines) is 1. The summed E-state index contributed by atoms with van der Waals surface area (Å²) in [4.78, 5) is 25.7. The van der Waals surface area contributed by atoms with Gasteiger partial charge in [-0.2, -0.15) is 0 Å². The molecule has 1 N–H and O–H groups in total. The third-order valence-corrected chi connectivity index (χ3v) is 4.46. The van der Waals surface area contributed by atoms with Gasteiger partial charge in [-0.05, 0) is 24.3 Å². The fourth-order valence-corrected chi connectivity index (χ4v) is 3.26. The lowest BCUT2D eigenvalue weighted by Crippen LogP contribution is -2.28. The van der Waals surface area contributed by atoms with Gasteiger partial charge in [0.05, 0.1) is 5.92 Å². The van der Waals surface area contributed by atoms with E-state index in [0.29, 0.717) is 0 Å². The highest BCUT2D eigenvalue weighted by Gasteiger charge is 2.46. The van der Waals surface area contributed by atoms with Crippen molar-refractivity contribution in [3.8, 4) is 0 Å². The summed E-state index contributed by atoms with van der Waals surface area (Å²) >= 11 is 0. The van der Waals surface area contributed by atoms with Crippen LogP contribution in [0.1, 0.15) is 37.7 Å². The van der Waals surface area contributed by atoms with Gasteiger partial charge < -0.3 is 5.11 Å². The van der Waals surface area contributed by atoms with Crippen LogP contribution in [0.5, 0.6) is 0 Å². The van der Waals surface area contributed by atoms with Crippen LogP contribution < -0.4 is 0 Å². The lowest BCUT2D eigenvalue weighted by Gasteiger charge is -2.24. The van der Waals surface area contributed by atoms with E-state index in [1.54, 1.807) is 7.05 Å². The molecular weight excluding hydrogens is 266 g/mol. The Labute approximate surface area is 125 Å². The van der Waals surface area contributed by atoms with Gasteiger partial charge in [0.25, 0.3) is 0 Å². The first kappa shape index (κ1) is 15.7. The van der Waals surface area contributed by atoms with Gasteiger partial charge in [0.15, 0.2) is 0 Å². The molecule has 114 valence electrons. The van der Waals surface area contributed by atoms with E-state index in [-0.39, 0.29) is 36.2 Å². The maximum Gasteiger partial charge on any atom is 0.233 e. The molecule has 1 fully saturated rings. The second kappa shape index (κ2) is 6.85. The van der Waals surface area contributed by atoms with Crippen LogP contribution in [-0.2, 0) is 9.59 Å². The van der Waals surface area contributed by atoms with Gasteiger partial charge in [-0.3, -0.25) is 14.5 Å². The average molecular weight is 289 g/mol. The minimum absolute atomic E-state index is 0.0362. The molecule has 1 aromatic rings. The zero-order chi connectivity index (χ0) is 15.4. The van der Waals surface area contributed by atoms with E-state index in [9.17, 15) is 9.59 Å². The van der Waals surface area contributed by atoms with Crippen molar-refractivity contribution >= 4 is 11.8 Å². The highest BCUT2D eigenvalue weighted by Crippen LogP contribution is 2.39. The Morgan fingerprint density at radius 2 is 1.81 bits per heavy atom. The van der Waals surface area contributed by atoms with Gasteiger partial charge in [0.1, 0.15) is 0 Å². The summed E-state index contributed by atoms with van der Waals surface area (Å²) in [6, 6.07) is 9.91. The smallest absolute Gasteiger partial charge is 0.233 e. The molecule has 0 aliphatic carbocycles. The monoisotopic (exact) mass is 289 g/mol. The highest BCUT2D eigenvalue weighted by molar-refractivity contribution is 6.05. The van der Waals surface area contributed by atoms with Crippen LogP contribution in [0, 0.1) is 11.8 Å². The van der Waals surface area contributed by atoms with Crippen LogP contribution in [-0.4, -0.2) is 35.5 Å². The van der Waals surface area contributed by atoms with Crippen LogP contribution >= 0.6 is 0 Å². The predicted octanol–water partition coefficient (Wildman–Crippen LogP) is 2.18. The summed E-state index contributed by atoms with van der Waals surface area (Å²) in [6.07, 6.45) is 2.39. The average Bonchev–Trinajstić information content (AvgIpc) is 2.69. The first-order chi connectivity index (χ1) is 10.1. The first-order valence-corrected chi connectivity index (χ1v) is 7.55. The molecule has 3 atom stereocenters.